The van der Waals surface area contributed by atoms with Gasteiger partial charge in [0.15, 0.2) is 17.8 Å². The molecule has 1 heterocycles. The van der Waals surface area contributed by atoms with Crippen molar-refractivity contribution in [3.63, 3.8) is 0 Å². The molecule has 0 radical (unpaired) electrons. The number of methoxy groups -OCH3 is 1. The monoisotopic (exact) mass is 310 g/mol. The van der Waals surface area contributed by atoms with E-state index in [2.05, 4.69) is 5.10 Å². The van der Waals surface area contributed by atoms with Crippen LogP contribution in [0.15, 0.2) is 48.7 Å². The smallest absolute Gasteiger partial charge is 0.158 e. The van der Waals surface area contributed by atoms with Crippen LogP contribution >= 0.6 is 0 Å². The Morgan fingerprint density at radius 3 is 2.43 bits per heavy atom. The first-order chi connectivity index (χ1) is 11.1. The molecule has 2 aromatic carbocycles. The fraction of sp³-hybridized carbons (Fsp3) is 0.0588. The summed E-state index contributed by atoms with van der Waals surface area (Å²) >= 11 is 0. The molecule has 0 unspecified atom stereocenters. The first-order valence-corrected chi connectivity index (χ1v) is 6.84. The number of rotatable bonds is 4. The number of hydrogen-bond acceptors (Lipinski definition) is 5. The van der Waals surface area contributed by atoms with Crippen LogP contribution in [0.2, 0.25) is 0 Å². The molecular formula is C17H14N2O4. The van der Waals surface area contributed by atoms with E-state index in [1.165, 1.54) is 12.1 Å². The van der Waals surface area contributed by atoms with Crippen molar-refractivity contribution < 1.29 is 19.7 Å². The van der Waals surface area contributed by atoms with E-state index in [1.807, 2.05) is 12.1 Å². The number of nitrogens with zero attached hydrogens (tertiary/aromatic N) is 2. The summed E-state index contributed by atoms with van der Waals surface area (Å²) < 4.78 is 6.68. The number of aromatic hydroxyl groups is 2. The normalized spacial score (nSPS) is 10.5. The van der Waals surface area contributed by atoms with Gasteiger partial charge in [-0.15, -0.1) is 0 Å². The number of carbonyl (C=O) groups is 1. The van der Waals surface area contributed by atoms with Gasteiger partial charge >= 0.3 is 0 Å². The summed E-state index contributed by atoms with van der Waals surface area (Å²) in [6.45, 7) is 0. The van der Waals surface area contributed by atoms with Crippen LogP contribution in [0.3, 0.4) is 0 Å². The average Bonchev–Trinajstić information content (AvgIpc) is 3.02. The van der Waals surface area contributed by atoms with Crippen molar-refractivity contribution in [1.82, 2.24) is 9.78 Å². The zero-order valence-corrected chi connectivity index (χ0v) is 12.3. The van der Waals surface area contributed by atoms with Crippen LogP contribution in [0.5, 0.6) is 17.2 Å². The molecule has 6 heteroatoms. The van der Waals surface area contributed by atoms with Crippen molar-refractivity contribution in [1.29, 1.82) is 0 Å². The Labute approximate surface area is 132 Å². The lowest BCUT2D eigenvalue weighted by molar-refractivity contribution is 0.112. The van der Waals surface area contributed by atoms with Crippen LogP contribution in [-0.2, 0) is 0 Å². The summed E-state index contributed by atoms with van der Waals surface area (Å²) in [7, 11) is 1.59. The van der Waals surface area contributed by atoms with Gasteiger partial charge in [0, 0.05) is 11.8 Å². The van der Waals surface area contributed by atoms with Gasteiger partial charge < -0.3 is 14.9 Å². The third-order valence-corrected chi connectivity index (χ3v) is 3.46. The van der Waals surface area contributed by atoms with Gasteiger partial charge in [-0.2, -0.15) is 5.10 Å². The molecule has 0 aliphatic heterocycles. The first kappa shape index (κ1) is 14.6. The Hall–Kier alpha value is -3.28. The van der Waals surface area contributed by atoms with Gasteiger partial charge in [-0.05, 0) is 42.5 Å². The van der Waals surface area contributed by atoms with Crippen molar-refractivity contribution >= 4 is 6.29 Å². The minimum atomic E-state index is -0.265. The van der Waals surface area contributed by atoms with Crippen molar-refractivity contribution in [2.45, 2.75) is 0 Å². The van der Waals surface area contributed by atoms with Crippen LogP contribution in [0.25, 0.3) is 16.9 Å². The van der Waals surface area contributed by atoms with E-state index in [0.29, 0.717) is 23.1 Å². The molecule has 0 saturated carbocycles. The number of benzene rings is 2. The predicted molar refractivity (Wildman–Crippen MR) is 84.3 cm³/mol. The Morgan fingerprint density at radius 1 is 1.09 bits per heavy atom. The van der Waals surface area contributed by atoms with E-state index in [0.717, 1.165) is 11.4 Å². The second-order valence-electron chi connectivity index (χ2n) is 4.90. The van der Waals surface area contributed by atoms with Gasteiger partial charge in [-0.1, -0.05) is 0 Å². The molecule has 1 aromatic heterocycles. The zero-order chi connectivity index (χ0) is 16.4. The lowest BCUT2D eigenvalue weighted by Crippen LogP contribution is -1.95. The highest BCUT2D eigenvalue weighted by molar-refractivity contribution is 5.86. The molecule has 23 heavy (non-hydrogen) atoms. The second-order valence-corrected chi connectivity index (χ2v) is 4.90. The van der Waals surface area contributed by atoms with Gasteiger partial charge in [0.2, 0.25) is 0 Å². The summed E-state index contributed by atoms with van der Waals surface area (Å²) in [6, 6.07) is 11.5. The van der Waals surface area contributed by atoms with Crippen molar-refractivity contribution in [2.75, 3.05) is 7.11 Å². The summed E-state index contributed by atoms with van der Waals surface area (Å²) in [5.74, 6) is 0.231. The third-order valence-electron chi connectivity index (χ3n) is 3.46. The van der Waals surface area contributed by atoms with E-state index in [1.54, 1.807) is 36.2 Å². The topological polar surface area (TPSA) is 84.6 Å². The summed E-state index contributed by atoms with van der Waals surface area (Å²) in [6.07, 6.45) is 2.31. The molecule has 0 fully saturated rings. The third kappa shape index (κ3) is 2.74. The lowest BCUT2D eigenvalue weighted by Gasteiger charge is -2.04. The predicted octanol–water partition coefficient (Wildman–Crippen LogP) is 2.77. The van der Waals surface area contributed by atoms with Crippen molar-refractivity contribution in [2.24, 2.45) is 0 Å². The van der Waals surface area contributed by atoms with Crippen LogP contribution in [0.1, 0.15) is 10.4 Å². The first-order valence-electron chi connectivity index (χ1n) is 6.84. The molecule has 0 bridgehead atoms. The zero-order valence-electron chi connectivity index (χ0n) is 12.3. The Kier molecular flexibility index (Phi) is 3.72. The fourth-order valence-electron chi connectivity index (χ4n) is 2.24. The summed E-state index contributed by atoms with van der Waals surface area (Å²) in [4.78, 5) is 11.3. The van der Waals surface area contributed by atoms with E-state index < -0.39 is 0 Å². The maximum atomic E-state index is 11.3. The number of ether oxygens (including phenoxy) is 1. The molecule has 0 spiro atoms. The van der Waals surface area contributed by atoms with E-state index in [4.69, 9.17) is 4.74 Å². The van der Waals surface area contributed by atoms with Crippen molar-refractivity contribution in [3.05, 3.63) is 54.2 Å². The minimum Gasteiger partial charge on any atom is -0.504 e. The highest BCUT2D eigenvalue weighted by Gasteiger charge is 2.13. The molecule has 2 N–H and O–H groups in total. The highest BCUT2D eigenvalue weighted by Crippen LogP contribution is 2.31. The lowest BCUT2D eigenvalue weighted by atomic mass is 10.1. The largest absolute Gasteiger partial charge is 0.504 e. The van der Waals surface area contributed by atoms with Gasteiger partial charge in [0.25, 0.3) is 0 Å². The molecular weight excluding hydrogens is 296 g/mol. The van der Waals surface area contributed by atoms with Gasteiger partial charge in [0.05, 0.1) is 18.4 Å². The van der Waals surface area contributed by atoms with Crippen LogP contribution in [0, 0.1) is 0 Å². The molecule has 3 rings (SSSR count). The maximum absolute atomic E-state index is 11.3. The standard InChI is InChI=1S/C17H14N2O4/c1-23-14-5-3-13(4-6-14)19-9-12(10-20)17(18-19)11-2-7-15(21)16(22)8-11/h2-10,21-22H,1H3. The van der Waals surface area contributed by atoms with E-state index in [9.17, 15) is 15.0 Å². The Morgan fingerprint density at radius 2 is 1.83 bits per heavy atom. The Bertz CT molecular complexity index is 854. The van der Waals surface area contributed by atoms with Gasteiger partial charge in [-0.3, -0.25) is 4.79 Å². The minimum absolute atomic E-state index is 0.226. The van der Waals surface area contributed by atoms with Crippen LogP contribution in [0.4, 0.5) is 0 Å². The Balaban J connectivity index is 2.06. The number of hydrogen-bond donors (Lipinski definition) is 2. The SMILES string of the molecule is COc1ccc(-n2cc(C=O)c(-c3ccc(O)c(O)c3)n2)cc1. The summed E-state index contributed by atoms with van der Waals surface area (Å²) in [5.41, 5.74) is 2.11. The molecule has 0 saturated heterocycles. The molecule has 116 valence electrons. The maximum Gasteiger partial charge on any atom is 0.158 e. The highest BCUT2D eigenvalue weighted by atomic mass is 16.5. The average molecular weight is 310 g/mol. The fourth-order valence-corrected chi connectivity index (χ4v) is 2.24. The van der Waals surface area contributed by atoms with Gasteiger partial charge in [0.1, 0.15) is 11.4 Å². The summed E-state index contributed by atoms with van der Waals surface area (Å²) in [5, 5.41) is 23.4. The molecule has 3 aromatic rings. The quantitative estimate of drug-likeness (QED) is 0.572. The molecule has 0 aliphatic carbocycles. The molecule has 0 atom stereocenters. The second kappa shape index (κ2) is 5.84. The van der Waals surface area contributed by atoms with E-state index in [-0.39, 0.29) is 11.5 Å². The molecule has 0 aliphatic rings. The molecule has 6 nitrogen and oxygen atoms in total. The number of phenols is 2. The number of carbonyl (C=O) groups excluding carboxylic acids is 1. The number of phenolic OH excluding ortho intramolecular Hbond substituents is 2. The van der Waals surface area contributed by atoms with Crippen molar-refractivity contribution in [3.8, 4) is 34.2 Å². The molecule has 0 amide bonds. The van der Waals surface area contributed by atoms with Crippen LogP contribution < -0.4 is 4.74 Å². The number of aldehydes is 1. The number of aromatic nitrogens is 2. The van der Waals surface area contributed by atoms with E-state index >= 15 is 0 Å². The van der Waals surface area contributed by atoms with Gasteiger partial charge in [-0.25, -0.2) is 4.68 Å². The van der Waals surface area contributed by atoms with Crippen LogP contribution in [-0.4, -0.2) is 33.4 Å².